The summed E-state index contributed by atoms with van der Waals surface area (Å²) in [6.07, 6.45) is 0.0911. The zero-order valence-electron chi connectivity index (χ0n) is 6.58. The van der Waals surface area contributed by atoms with Crippen LogP contribution in [0.5, 0.6) is 0 Å². The summed E-state index contributed by atoms with van der Waals surface area (Å²) < 4.78 is 12.8. The van der Waals surface area contributed by atoms with Gasteiger partial charge in [-0.25, -0.2) is 4.39 Å². The van der Waals surface area contributed by atoms with E-state index in [1.54, 1.807) is 6.07 Å². The Balaban J connectivity index is 2.59. The standard InChI is InChI=1S/C8H7FN2O2/c9-6-3-1-2-4-7(6)10-11-8(13)5-12/h1-5,10H,(H,11,13). The first-order valence-corrected chi connectivity index (χ1v) is 3.49. The normalized spacial score (nSPS) is 9.00. The van der Waals surface area contributed by atoms with Crippen LogP contribution in [-0.4, -0.2) is 12.2 Å². The number of anilines is 1. The second-order valence-corrected chi connectivity index (χ2v) is 2.21. The summed E-state index contributed by atoms with van der Waals surface area (Å²) in [6, 6.07) is 5.77. The first-order valence-electron chi connectivity index (χ1n) is 3.49. The number of amides is 1. The first-order chi connectivity index (χ1) is 6.24. The Labute approximate surface area is 73.7 Å². The minimum atomic E-state index is -0.858. The fraction of sp³-hybridized carbons (Fsp3) is 0. The molecule has 4 nitrogen and oxygen atoms in total. The molecule has 0 spiro atoms. The van der Waals surface area contributed by atoms with Crippen LogP contribution in [-0.2, 0) is 9.59 Å². The SMILES string of the molecule is O=CC(=O)NNc1ccccc1F. The van der Waals surface area contributed by atoms with E-state index < -0.39 is 11.7 Å². The predicted molar refractivity (Wildman–Crippen MR) is 44.2 cm³/mol. The van der Waals surface area contributed by atoms with Crippen molar-refractivity contribution >= 4 is 17.9 Å². The zero-order chi connectivity index (χ0) is 9.68. The van der Waals surface area contributed by atoms with Gasteiger partial charge in [-0.1, -0.05) is 12.1 Å². The Bertz CT molecular complexity index is 328. The van der Waals surface area contributed by atoms with E-state index in [4.69, 9.17) is 0 Å². The number of benzene rings is 1. The maximum Gasteiger partial charge on any atom is 0.302 e. The third kappa shape index (κ3) is 2.55. The number of carbonyl (C=O) groups is 2. The number of carbonyl (C=O) groups excluding carboxylic acids is 2. The van der Waals surface area contributed by atoms with E-state index in [9.17, 15) is 14.0 Å². The van der Waals surface area contributed by atoms with Gasteiger partial charge in [0.05, 0.1) is 5.69 Å². The van der Waals surface area contributed by atoms with Crippen LogP contribution in [0.4, 0.5) is 10.1 Å². The van der Waals surface area contributed by atoms with E-state index in [-0.39, 0.29) is 12.0 Å². The van der Waals surface area contributed by atoms with Crippen molar-refractivity contribution in [2.24, 2.45) is 0 Å². The molecular weight excluding hydrogens is 175 g/mol. The second kappa shape index (κ2) is 4.20. The van der Waals surface area contributed by atoms with Crippen molar-refractivity contribution in [2.45, 2.75) is 0 Å². The highest BCUT2D eigenvalue weighted by atomic mass is 19.1. The third-order valence-electron chi connectivity index (χ3n) is 1.30. The number of halogens is 1. The molecule has 0 atom stereocenters. The minimum Gasteiger partial charge on any atom is -0.295 e. The molecule has 1 rings (SSSR count). The van der Waals surface area contributed by atoms with Gasteiger partial charge in [-0.15, -0.1) is 0 Å². The molecule has 5 heteroatoms. The second-order valence-electron chi connectivity index (χ2n) is 2.21. The van der Waals surface area contributed by atoms with Crippen LogP contribution in [0.1, 0.15) is 0 Å². The molecule has 0 fully saturated rings. The van der Waals surface area contributed by atoms with Crippen LogP contribution < -0.4 is 10.9 Å². The lowest BCUT2D eigenvalue weighted by atomic mass is 10.3. The van der Waals surface area contributed by atoms with Gasteiger partial charge in [0.15, 0.2) is 0 Å². The largest absolute Gasteiger partial charge is 0.302 e. The molecule has 0 saturated heterocycles. The van der Waals surface area contributed by atoms with Crippen molar-refractivity contribution < 1.29 is 14.0 Å². The number of aldehydes is 1. The minimum absolute atomic E-state index is 0.0911. The van der Waals surface area contributed by atoms with E-state index >= 15 is 0 Å². The number of nitrogens with one attached hydrogen (secondary N) is 2. The van der Waals surface area contributed by atoms with Crippen LogP contribution in [0.15, 0.2) is 24.3 Å². The lowest BCUT2D eigenvalue weighted by Crippen LogP contribution is -2.30. The van der Waals surface area contributed by atoms with Crippen molar-refractivity contribution in [1.82, 2.24) is 5.43 Å². The zero-order valence-corrected chi connectivity index (χ0v) is 6.58. The van der Waals surface area contributed by atoms with Crippen molar-refractivity contribution in [2.75, 3.05) is 5.43 Å². The molecule has 0 aliphatic rings. The molecule has 1 amide bonds. The number of hydrogen-bond donors (Lipinski definition) is 2. The fourth-order valence-corrected chi connectivity index (χ4v) is 0.721. The molecule has 1 aromatic carbocycles. The average molecular weight is 182 g/mol. The highest BCUT2D eigenvalue weighted by Crippen LogP contribution is 2.10. The van der Waals surface area contributed by atoms with E-state index in [1.165, 1.54) is 18.2 Å². The fourth-order valence-electron chi connectivity index (χ4n) is 0.721. The van der Waals surface area contributed by atoms with E-state index in [0.717, 1.165) is 0 Å². The van der Waals surface area contributed by atoms with Crippen molar-refractivity contribution in [3.8, 4) is 0 Å². The summed E-state index contributed by atoms with van der Waals surface area (Å²) in [6.45, 7) is 0. The lowest BCUT2D eigenvalue weighted by Gasteiger charge is -2.05. The van der Waals surface area contributed by atoms with E-state index in [0.29, 0.717) is 0 Å². The first kappa shape index (κ1) is 9.18. The Morgan fingerprint density at radius 3 is 2.69 bits per heavy atom. The average Bonchev–Trinajstić information content (AvgIpc) is 2.16. The number of rotatable bonds is 3. The van der Waals surface area contributed by atoms with E-state index in [2.05, 4.69) is 5.43 Å². The Morgan fingerprint density at radius 1 is 1.38 bits per heavy atom. The molecule has 0 aliphatic heterocycles. The summed E-state index contributed by atoms with van der Waals surface area (Å²) in [7, 11) is 0. The van der Waals surface area contributed by atoms with Crippen LogP contribution in [0.2, 0.25) is 0 Å². The van der Waals surface area contributed by atoms with Crippen molar-refractivity contribution in [1.29, 1.82) is 0 Å². The predicted octanol–water partition coefficient (Wildman–Crippen LogP) is 0.468. The molecule has 1 aromatic rings. The number of hydrogen-bond acceptors (Lipinski definition) is 3. The van der Waals surface area contributed by atoms with Crippen LogP contribution in [0.3, 0.4) is 0 Å². The Hall–Kier alpha value is -1.91. The molecule has 68 valence electrons. The highest BCUT2D eigenvalue weighted by Gasteiger charge is 2.00. The topological polar surface area (TPSA) is 58.2 Å². The maximum atomic E-state index is 12.8. The molecule has 0 aromatic heterocycles. The van der Waals surface area contributed by atoms with Gasteiger partial charge < -0.3 is 0 Å². The lowest BCUT2D eigenvalue weighted by molar-refractivity contribution is -0.130. The summed E-state index contributed by atoms with van der Waals surface area (Å²) in [4.78, 5) is 20.3. The highest BCUT2D eigenvalue weighted by molar-refractivity contribution is 6.23. The Morgan fingerprint density at radius 2 is 2.08 bits per heavy atom. The van der Waals surface area contributed by atoms with Gasteiger partial charge in [0.1, 0.15) is 5.82 Å². The van der Waals surface area contributed by atoms with Gasteiger partial charge >= 0.3 is 5.91 Å². The van der Waals surface area contributed by atoms with Gasteiger partial charge in [0.2, 0.25) is 6.29 Å². The molecule has 0 unspecified atom stereocenters. The molecule has 0 bridgehead atoms. The maximum absolute atomic E-state index is 12.8. The van der Waals surface area contributed by atoms with Crippen LogP contribution in [0.25, 0.3) is 0 Å². The van der Waals surface area contributed by atoms with Gasteiger partial charge in [0.25, 0.3) is 0 Å². The quantitative estimate of drug-likeness (QED) is 0.406. The number of hydrazine groups is 1. The monoisotopic (exact) mass is 182 g/mol. The summed E-state index contributed by atoms with van der Waals surface area (Å²) in [5.41, 5.74) is 4.36. The molecule has 0 heterocycles. The molecule has 0 saturated carbocycles. The van der Waals surface area contributed by atoms with Gasteiger partial charge in [0, 0.05) is 0 Å². The summed E-state index contributed by atoms with van der Waals surface area (Å²) >= 11 is 0. The summed E-state index contributed by atoms with van der Waals surface area (Å²) in [5, 5.41) is 0. The number of para-hydroxylation sites is 1. The molecule has 0 radical (unpaired) electrons. The third-order valence-corrected chi connectivity index (χ3v) is 1.30. The smallest absolute Gasteiger partial charge is 0.295 e. The van der Waals surface area contributed by atoms with Gasteiger partial charge in [-0.05, 0) is 12.1 Å². The summed E-state index contributed by atoms with van der Waals surface area (Å²) in [5.74, 6) is -1.36. The molecule has 13 heavy (non-hydrogen) atoms. The van der Waals surface area contributed by atoms with E-state index in [1.807, 2.05) is 5.43 Å². The van der Waals surface area contributed by atoms with Crippen molar-refractivity contribution in [3.05, 3.63) is 30.1 Å². The van der Waals surface area contributed by atoms with Crippen LogP contribution >= 0.6 is 0 Å². The van der Waals surface area contributed by atoms with Crippen molar-refractivity contribution in [3.63, 3.8) is 0 Å². The van der Waals surface area contributed by atoms with Gasteiger partial charge in [-0.3, -0.25) is 20.4 Å². The van der Waals surface area contributed by atoms with Crippen LogP contribution in [0, 0.1) is 5.82 Å². The molecule has 0 aliphatic carbocycles. The molecular formula is C8H7FN2O2. The van der Waals surface area contributed by atoms with Gasteiger partial charge in [-0.2, -0.15) is 0 Å². The Kier molecular flexibility index (Phi) is 2.97. The molecule has 2 N–H and O–H groups in total.